The maximum Gasteiger partial charge on any atom is 0.143 e. The molecule has 2 unspecified atom stereocenters. The summed E-state index contributed by atoms with van der Waals surface area (Å²) in [7, 11) is 0. The number of phenols is 2. The van der Waals surface area contributed by atoms with E-state index in [0.29, 0.717) is 23.0 Å². The fraction of sp³-hybridized carbons (Fsp3) is 0.412. The van der Waals surface area contributed by atoms with Gasteiger partial charge in [-0.1, -0.05) is 191 Å². The van der Waals surface area contributed by atoms with Crippen molar-refractivity contribution in [3.05, 3.63) is 171 Å². The number of benzene rings is 6. The highest BCUT2D eigenvalue weighted by molar-refractivity contribution is 8.01. The second-order valence-corrected chi connectivity index (χ2v) is 29.5. The molecule has 0 saturated carbocycles. The third-order valence-corrected chi connectivity index (χ3v) is 17.9. The summed E-state index contributed by atoms with van der Waals surface area (Å²) in [6.07, 6.45) is 7.18. The van der Waals surface area contributed by atoms with Crippen molar-refractivity contribution < 1.29 is 10.2 Å². The number of aromatic hydroxyl groups is 2. The van der Waals surface area contributed by atoms with E-state index in [1.165, 1.54) is 49.7 Å². The fourth-order valence-electron chi connectivity index (χ4n) is 10.7. The Balaban J connectivity index is 1.07. The van der Waals surface area contributed by atoms with Crippen molar-refractivity contribution in [2.75, 3.05) is 4.90 Å². The maximum atomic E-state index is 12.6. The van der Waals surface area contributed by atoms with Gasteiger partial charge >= 0.3 is 0 Å². The van der Waals surface area contributed by atoms with E-state index in [4.69, 9.17) is 0 Å². The summed E-state index contributed by atoms with van der Waals surface area (Å²) in [5.41, 5.74) is 15.5. The second-order valence-electron chi connectivity index (χ2n) is 27.5. The van der Waals surface area contributed by atoms with Crippen molar-refractivity contribution in [3.8, 4) is 17.2 Å². The van der Waals surface area contributed by atoms with Crippen LogP contribution in [0.15, 0.2) is 137 Å². The third-order valence-electron chi connectivity index (χ3n) is 15.6. The lowest BCUT2D eigenvalue weighted by Crippen LogP contribution is -2.30. The van der Waals surface area contributed by atoms with Gasteiger partial charge in [-0.2, -0.15) is 0 Å². The average Bonchev–Trinajstić information content (AvgIpc) is 3.80. The summed E-state index contributed by atoms with van der Waals surface area (Å²) in [6, 6.07) is 38.3. The lowest BCUT2D eigenvalue weighted by Gasteiger charge is -2.34. The summed E-state index contributed by atoms with van der Waals surface area (Å²) in [4.78, 5) is 4.71. The van der Waals surface area contributed by atoms with E-state index in [1.807, 2.05) is 0 Å². The number of hydrogen-bond acceptors (Lipinski definition) is 5. The third kappa shape index (κ3) is 10.2. The molecule has 0 spiro atoms. The number of fused-ring (bicyclic) bond motifs is 6. The van der Waals surface area contributed by atoms with Crippen molar-refractivity contribution >= 4 is 56.7 Å². The Labute approximate surface area is 452 Å². The molecule has 1 aliphatic heterocycles. The standard InChI is InChI=1S/C68H82N2O2S2/c1-63(2,3)43-23-27-53-49(33-43)50-34-44(64(4,5)6)24-28-54(50)69(53)57-37-47(67(13,14)15)31-41(61(57)71)39-73-59-21-19-20-22-60(59)74-40-42-32-48(68(16,17)18)38-58(62(42)72)70-55-29-25-45(65(7,8)9)35-51(55)52-36-46(66(10,11)12)26-30-56(52)70/h19-38,49,53,71-72H,39-40H2,1-18H3. The first-order valence-electron chi connectivity index (χ1n) is 26.8. The number of allylic oxidation sites excluding steroid dienone is 2. The lowest BCUT2D eigenvalue weighted by atomic mass is 9.77. The van der Waals surface area contributed by atoms with E-state index >= 15 is 0 Å². The smallest absolute Gasteiger partial charge is 0.143 e. The van der Waals surface area contributed by atoms with Gasteiger partial charge in [0.25, 0.3) is 0 Å². The number of aromatic nitrogens is 1. The minimum absolute atomic E-state index is 0.00749. The first-order valence-corrected chi connectivity index (χ1v) is 28.8. The molecular weight excluding hydrogens is 941 g/mol. The molecule has 0 fully saturated rings. The van der Waals surface area contributed by atoms with E-state index in [1.54, 1.807) is 23.5 Å². The Bertz CT molecular complexity index is 3310. The van der Waals surface area contributed by atoms with Crippen LogP contribution in [0.4, 0.5) is 11.4 Å². The molecule has 2 atom stereocenters. The highest BCUT2D eigenvalue weighted by Crippen LogP contribution is 2.54. The van der Waals surface area contributed by atoms with Crippen LogP contribution >= 0.6 is 23.5 Å². The van der Waals surface area contributed by atoms with Gasteiger partial charge in [0.05, 0.1) is 28.5 Å². The van der Waals surface area contributed by atoms with Crippen molar-refractivity contribution in [1.82, 2.24) is 4.57 Å². The molecule has 0 bridgehead atoms. The molecule has 7 aromatic rings. The summed E-state index contributed by atoms with van der Waals surface area (Å²) >= 11 is 3.53. The monoisotopic (exact) mass is 1020 g/mol. The van der Waals surface area contributed by atoms with Gasteiger partial charge in [-0.25, -0.2) is 0 Å². The van der Waals surface area contributed by atoms with E-state index in [-0.39, 0.29) is 44.4 Å². The van der Waals surface area contributed by atoms with Crippen molar-refractivity contribution in [2.24, 2.45) is 5.41 Å². The lowest BCUT2D eigenvalue weighted by molar-refractivity contribution is 0.466. The molecule has 74 heavy (non-hydrogen) atoms. The number of hydrogen-bond donors (Lipinski definition) is 2. The number of thioether (sulfide) groups is 2. The van der Waals surface area contributed by atoms with Crippen molar-refractivity contribution in [2.45, 2.75) is 185 Å². The van der Waals surface area contributed by atoms with Gasteiger partial charge in [0.2, 0.25) is 0 Å². The second kappa shape index (κ2) is 18.8. The van der Waals surface area contributed by atoms with Crippen LogP contribution in [0.1, 0.15) is 175 Å². The average molecular weight is 1020 g/mol. The van der Waals surface area contributed by atoms with Crippen LogP contribution in [0, 0.1) is 5.41 Å². The normalized spacial score (nSPS) is 16.6. The molecule has 0 amide bonds. The molecular formula is C68H82N2O2S2. The van der Waals surface area contributed by atoms with Crippen LogP contribution in [0.25, 0.3) is 27.5 Å². The zero-order chi connectivity index (χ0) is 53.8. The van der Waals surface area contributed by atoms with Crippen molar-refractivity contribution in [1.29, 1.82) is 0 Å². The van der Waals surface area contributed by atoms with E-state index in [0.717, 1.165) is 49.0 Å². The zero-order valence-electron chi connectivity index (χ0n) is 47.7. The zero-order valence-corrected chi connectivity index (χ0v) is 49.4. The molecule has 2 N–H and O–H groups in total. The predicted molar refractivity (Wildman–Crippen MR) is 321 cm³/mol. The first-order chi connectivity index (χ1) is 34.3. The maximum absolute atomic E-state index is 12.6. The van der Waals surface area contributed by atoms with E-state index < -0.39 is 0 Å². The first kappa shape index (κ1) is 53.5. The SMILES string of the molecule is CC(C)(C)C1=CC2c3cc(C(C)(C)C)ccc3N(c3cc(C(C)(C)C)cc(CSc4ccccc4SCc4cc(C(C)(C)C)cc(-n5c6ccc(C(C)(C)C)cc6c6cc(C(C)(C)C)ccc65)c4O)c3O)C2C=C1. The van der Waals surface area contributed by atoms with E-state index in [9.17, 15) is 10.2 Å². The minimum Gasteiger partial charge on any atom is -0.505 e. The Morgan fingerprint density at radius 2 is 0.878 bits per heavy atom. The highest BCUT2D eigenvalue weighted by atomic mass is 32.2. The molecule has 4 nitrogen and oxygen atoms in total. The molecule has 2 aliphatic rings. The fourth-order valence-corrected chi connectivity index (χ4v) is 12.8. The van der Waals surface area contributed by atoms with Crippen LogP contribution in [0.2, 0.25) is 0 Å². The quantitative estimate of drug-likeness (QED) is 0.149. The summed E-state index contributed by atoms with van der Waals surface area (Å²) in [5.74, 6) is 1.99. The summed E-state index contributed by atoms with van der Waals surface area (Å²) in [5, 5.41) is 27.7. The minimum atomic E-state index is -0.164. The number of rotatable bonds is 8. The van der Waals surface area contributed by atoms with Gasteiger partial charge in [-0.3, -0.25) is 0 Å². The number of anilines is 2. The van der Waals surface area contributed by atoms with Crippen LogP contribution in [0.5, 0.6) is 11.5 Å². The molecule has 2 heterocycles. The van der Waals surface area contributed by atoms with Crippen LogP contribution in [-0.4, -0.2) is 20.8 Å². The van der Waals surface area contributed by atoms with Gasteiger partial charge in [-0.05, 0) is 126 Å². The van der Waals surface area contributed by atoms with Crippen molar-refractivity contribution in [3.63, 3.8) is 0 Å². The topological polar surface area (TPSA) is 48.6 Å². The van der Waals surface area contributed by atoms with Gasteiger partial charge in [0, 0.05) is 54.8 Å². The predicted octanol–water partition coefficient (Wildman–Crippen LogP) is 19.4. The molecule has 9 rings (SSSR count). The molecule has 6 heteroatoms. The molecule has 0 radical (unpaired) electrons. The van der Waals surface area contributed by atoms with Gasteiger partial charge in [0.15, 0.2) is 0 Å². The van der Waals surface area contributed by atoms with E-state index in [2.05, 4.69) is 255 Å². The Morgan fingerprint density at radius 3 is 1.34 bits per heavy atom. The Morgan fingerprint density at radius 1 is 0.446 bits per heavy atom. The van der Waals surface area contributed by atoms with Crippen LogP contribution in [-0.2, 0) is 38.6 Å². The number of nitrogens with zero attached hydrogens (tertiary/aromatic N) is 2. The number of phenolic OH excluding ortho intramolecular Hbond substituents is 2. The largest absolute Gasteiger partial charge is 0.505 e. The molecule has 6 aromatic carbocycles. The van der Waals surface area contributed by atoms with Gasteiger partial charge in [-0.15, -0.1) is 23.5 Å². The molecule has 1 aliphatic carbocycles. The summed E-state index contributed by atoms with van der Waals surface area (Å²) in [6.45, 7) is 41.0. The summed E-state index contributed by atoms with van der Waals surface area (Å²) < 4.78 is 2.30. The van der Waals surface area contributed by atoms with Crippen LogP contribution in [0.3, 0.4) is 0 Å². The van der Waals surface area contributed by atoms with Crippen LogP contribution < -0.4 is 4.90 Å². The molecule has 1 aromatic heterocycles. The van der Waals surface area contributed by atoms with Gasteiger partial charge in [0.1, 0.15) is 11.5 Å². The molecule has 0 saturated heterocycles. The highest BCUT2D eigenvalue weighted by Gasteiger charge is 2.42. The molecule has 388 valence electrons. The van der Waals surface area contributed by atoms with Gasteiger partial charge < -0.3 is 19.7 Å². The Kier molecular flexibility index (Phi) is 13.6. The Hall–Kier alpha value is -5.30.